The summed E-state index contributed by atoms with van der Waals surface area (Å²) in [5, 5.41) is 9.41. The van der Waals surface area contributed by atoms with Crippen molar-refractivity contribution in [2.45, 2.75) is 20.5 Å². The summed E-state index contributed by atoms with van der Waals surface area (Å²) in [5.74, 6) is 5.21. The molecule has 3 heteroatoms. The first-order valence-corrected chi connectivity index (χ1v) is 3.76. The van der Waals surface area contributed by atoms with Gasteiger partial charge in [0.25, 0.3) is 0 Å². The molecule has 1 rings (SSSR count). The maximum atomic E-state index is 9.41. The SMILES string of the molecule is Cc1cc(CON)cc(O)c1C. The highest BCUT2D eigenvalue weighted by Crippen LogP contribution is 2.21. The first-order chi connectivity index (χ1) is 5.65. The number of rotatable bonds is 2. The van der Waals surface area contributed by atoms with Gasteiger partial charge in [-0.2, -0.15) is 0 Å². The van der Waals surface area contributed by atoms with E-state index >= 15 is 0 Å². The Morgan fingerprint density at radius 1 is 1.42 bits per heavy atom. The van der Waals surface area contributed by atoms with E-state index in [1.807, 2.05) is 19.9 Å². The van der Waals surface area contributed by atoms with Gasteiger partial charge in [-0.15, -0.1) is 0 Å². The lowest BCUT2D eigenvalue weighted by Gasteiger charge is -2.06. The molecule has 0 fully saturated rings. The zero-order valence-corrected chi connectivity index (χ0v) is 7.29. The van der Waals surface area contributed by atoms with Gasteiger partial charge in [0.2, 0.25) is 0 Å². The van der Waals surface area contributed by atoms with E-state index in [2.05, 4.69) is 4.84 Å². The highest BCUT2D eigenvalue weighted by molar-refractivity contribution is 5.41. The van der Waals surface area contributed by atoms with Crippen LogP contribution in [0.25, 0.3) is 0 Å². The van der Waals surface area contributed by atoms with Gasteiger partial charge in [0.15, 0.2) is 0 Å². The third-order valence-corrected chi connectivity index (χ3v) is 1.95. The quantitative estimate of drug-likeness (QED) is 0.654. The Bertz CT molecular complexity index is 261. The second-order valence-corrected chi connectivity index (χ2v) is 2.87. The minimum Gasteiger partial charge on any atom is -0.508 e. The molecule has 1 aromatic carbocycles. The number of hydrogen-bond acceptors (Lipinski definition) is 3. The molecular weight excluding hydrogens is 154 g/mol. The van der Waals surface area contributed by atoms with Crippen molar-refractivity contribution in [1.29, 1.82) is 0 Å². The van der Waals surface area contributed by atoms with Gasteiger partial charge in [-0.1, -0.05) is 6.07 Å². The molecule has 3 N–H and O–H groups in total. The fraction of sp³-hybridized carbons (Fsp3) is 0.333. The van der Waals surface area contributed by atoms with E-state index in [0.717, 1.165) is 16.7 Å². The zero-order chi connectivity index (χ0) is 9.14. The summed E-state index contributed by atoms with van der Waals surface area (Å²) in [6.45, 7) is 4.14. The average molecular weight is 167 g/mol. The first-order valence-electron chi connectivity index (χ1n) is 3.76. The van der Waals surface area contributed by atoms with Crippen LogP contribution >= 0.6 is 0 Å². The highest BCUT2D eigenvalue weighted by atomic mass is 16.6. The van der Waals surface area contributed by atoms with Crippen molar-refractivity contribution in [3.05, 3.63) is 28.8 Å². The Kier molecular flexibility index (Phi) is 2.68. The van der Waals surface area contributed by atoms with Crippen LogP contribution in [0.3, 0.4) is 0 Å². The molecule has 0 heterocycles. The number of aryl methyl sites for hydroxylation is 1. The lowest BCUT2D eigenvalue weighted by molar-refractivity contribution is 0.124. The maximum absolute atomic E-state index is 9.41. The van der Waals surface area contributed by atoms with E-state index < -0.39 is 0 Å². The fourth-order valence-electron chi connectivity index (χ4n) is 1.09. The Labute approximate surface area is 71.7 Å². The standard InChI is InChI=1S/C9H13NO2/c1-6-3-8(5-12-10)4-9(11)7(6)2/h3-4,11H,5,10H2,1-2H3. The van der Waals surface area contributed by atoms with Crippen LogP contribution < -0.4 is 5.90 Å². The van der Waals surface area contributed by atoms with Crippen molar-refractivity contribution in [3.63, 3.8) is 0 Å². The maximum Gasteiger partial charge on any atom is 0.119 e. The van der Waals surface area contributed by atoms with Crippen LogP contribution in [-0.4, -0.2) is 5.11 Å². The lowest BCUT2D eigenvalue weighted by atomic mass is 10.1. The van der Waals surface area contributed by atoms with Crippen molar-refractivity contribution in [2.75, 3.05) is 0 Å². The Balaban J connectivity index is 3.04. The topological polar surface area (TPSA) is 55.5 Å². The summed E-state index contributed by atoms with van der Waals surface area (Å²) in [4.78, 5) is 4.47. The third-order valence-electron chi connectivity index (χ3n) is 1.95. The number of nitrogens with two attached hydrogens (primary N) is 1. The van der Waals surface area contributed by atoms with Gasteiger partial charge in [-0.25, -0.2) is 5.90 Å². The molecule has 1 aromatic rings. The van der Waals surface area contributed by atoms with Crippen LogP contribution in [-0.2, 0) is 11.4 Å². The number of hydrogen-bond donors (Lipinski definition) is 2. The van der Waals surface area contributed by atoms with Crippen LogP contribution in [0.4, 0.5) is 0 Å². The summed E-state index contributed by atoms with van der Waals surface area (Å²) < 4.78 is 0. The van der Waals surface area contributed by atoms with Gasteiger partial charge in [-0.05, 0) is 36.6 Å². The molecule has 12 heavy (non-hydrogen) atoms. The molecule has 0 saturated heterocycles. The smallest absolute Gasteiger partial charge is 0.119 e. The van der Waals surface area contributed by atoms with Gasteiger partial charge >= 0.3 is 0 Å². The zero-order valence-electron chi connectivity index (χ0n) is 7.29. The molecule has 0 bridgehead atoms. The fourth-order valence-corrected chi connectivity index (χ4v) is 1.09. The van der Waals surface area contributed by atoms with Crippen molar-refractivity contribution in [1.82, 2.24) is 0 Å². The van der Waals surface area contributed by atoms with Crippen LogP contribution in [0.2, 0.25) is 0 Å². The molecule has 0 radical (unpaired) electrons. The molecule has 66 valence electrons. The van der Waals surface area contributed by atoms with Crippen LogP contribution in [0, 0.1) is 13.8 Å². The summed E-state index contributed by atoms with van der Waals surface area (Å²) in [6, 6.07) is 3.61. The summed E-state index contributed by atoms with van der Waals surface area (Å²) in [6.07, 6.45) is 0. The number of benzene rings is 1. The van der Waals surface area contributed by atoms with Gasteiger partial charge in [0.1, 0.15) is 5.75 Å². The van der Waals surface area contributed by atoms with Gasteiger partial charge in [0, 0.05) is 0 Å². The molecule has 0 aliphatic heterocycles. The minimum atomic E-state index is 0.294. The molecule has 0 spiro atoms. The molecule has 0 saturated carbocycles. The highest BCUT2D eigenvalue weighted by Gasteiger charge is 2.02. The van der Waals surface area contributed by atoms with Crippen molar-refractivity contribution < 1.29 is 9.94 Å². The van der Waals surface area contributed by atoms with Gasteiger partial charge in [-0.3, -0.25) is 4.84 Å². The molecule has 0 aliphatic carbocycles. The predicted molar refractivity (Wildman–Crippen MR) is 46.6 cm³/mol. The van der Waals surface area contributed by atoms with Crippen LogP contribution in [0.1, 0.15) is 16.7 Å². The lowest BCUT2D eigenvalue weighted by Crippen LogP contribution is -1.99. The molecule has 0 aromatic heterocycles. The average Bonchev–Trinajstić information content (AvgIpc) is 2.01. The second-order valence-electron chi connectivity index (χ2n) is 2.87. The van der Waals surface area contributed by atoms with E-state index in [4.69, 9.17) is 5.90 Å². The summed E-state index contributed by atoms with van der Waals surface area (Å²) in [7, 11) is 0. The second kappa shape index (κ2) is 3.56. The number of phenolic OH excluding ortho intramolecular Hbond substituents is 1. The molecule has 0 unspecified atom stereocenters. The Hall–Kier alpha value is -1.06. The molecule has 3 nitrogen and oxygen atoms in total. The van der Waals surface area contributed by atoms with Crippen LogP contribution in [0.5, 0.6) is 5.75 Å². The molecular formula is C9H13NO2. The normalized spacial score (nSPS) is 10.2. The number of aromatic hydroxyl groups is 1. The molecule has 0 atom stereocenters. The van der Waals surface area contributed by atoms with Crippen molar-refractivity contribution >= 4 is 0 Å². The summed E-state index contributed by atoms with van der Waals surface area (Å²) in [5.41, 5.74) is 2.83. The largest absolute Gasteiger partial charge is 0.508 e. The number of phenols is 1. The van der Waals surface area contributed by atoms with Gasteiger partial charge in [0.05, 0.1) is 6.61 Å². The van der Waals surface area contributed by atoms with Gasteiger partial charge < -0.3 is 5.11 Å². The Morgan fingerprint density at radius 2 is 2.08 bits per heavy atom. The monoisotopic (exact) mass is 167 g/mol. The third kappa shape index (κ3) is 1.75. The van der Waals surface area contributed by atoms with E-state index in [9.17, 15) is 5.11 Å². The van der Waals surface area contributed by atoms with E-state index in [1.165, 1.54) is 0 Å². The van der Waals surface area contributed by atoms with E-state index in [1.54, 1.807) is 6.07 Å². The van der Waals surface area contributed by atoms with Crippen LogP contribution in [0.15, 0.2) is 12.1 Å². The summed E-state index contributed by atoms with van der Waals surface area (Å²) >= 11 is 0. The Morgan fingerprint density at radius 3 is 2.58 bits per heavy atom. The van der Waals surface area contributed by atoms with Crippen molar-refractivity contribution in [3.8, 4) is 5.75 Å². The van der Waals surface area contributed by atoms with E-state index in [0.29, 0.717) is 12.4 Å². The van der Waals surface area contributed by atoms with E-state index in [-0.39, 0.29) is 0 Å². The van der Waals surface area contributed by atoms with Crippen molar-refractivity contribution in [2.24, 2.45) is 5.90 Å². The minimum absolute atomic E-state index is 0.294. The first kappa shape index (κ1) is 9.03. The predicted octanol–water partition coefficient (Wildman–Crippen LogP) is 1.40. The molecule has 0 amide bonds. The molecule has 0 aliphatic rings.